The Morgan fingerprint density at radius 2 is 2.33 bits per heavy atom. The minimum atomic E-state index is 0.0770. The second-order valence-electron chi connectivity index (χ2n) is 7.17. The van der Waals surface area contributed by atoms with Crippen molar-refractivity contribution in [3.05, 3.63) is 46.5 Å². The molecule has 2 fully saturated rings. The molecule has 0 aliphatic carbocycles. The maximum atomic E-state index is 6.16. The van der Waals surface area contributed by atoms with Gasteiger partial charge in [0.05, 0.1) is 18.4 Å². The lowest BCUT2D eigenvalue weighted by Gasteiger charge is -2.38. The molecule has 2 N–H and O–H groups in total. The van der Waals surface area contributed by atoms with E-state index >= 15 is 0 Å². The third-order valence-corrected chi connectivity index (χ3v) is 7.20. The molecular formula is C20H27N3O2S2. The number of aliphatic imine (C=N–C) groups is 1. The van der Waals surface area contributed by atoms with E-state index < -0.39 is 0 Å². The first kappa shape index (κ1) is 18.9. The monoisotopic (exact) mass is 405 g/mol. The molecule has 4 heterocycles. The molecule has 2 aromatic heterocycles. The number of thiophene rings is 1. The first-order valence-electron chi connectivity index (χ1n) is 9.63. The van der Waals surface area contributed by atoms with Crippen molar-refractivity contribution in [1.29, 1.82) is 0 Å². The number of ether oxygens (including phenoxy) is 1. The molecule has 2 unspecified atom stereocenters. The van der Waals surface area contributed by atoms with Crippen molar-refractivity contribution in [2.45, 2.75) is 43.9 Å². The number of thioether (sulfide) groups is 1. The van der Waals surface area contributed by atoms with E-state index in [9.17, 15) is 0 Å². The van der Waals surface area contributed by atoms with E-state index in [0.717, 1.165) is 49.9 Å². The fourth-order valence-electron chi connectivity index (χ4n) is 3.68. The number of furan rings is 1. The van der Waals surface area contributed by atoms with Crippen LogP contribution in [0.1, 0.15) is 29.9 Å². The zero-order chi connectivity index (χ0) is 18.4. The maximum absolute atomic E-state index is 6.16. The van der Waals surface area contributed by atoms with Crippen LogP contribution in [0.25, 0.3) is 0 Å². The van der Waals surface area contributed by atoms with Crippen molar-refractivity contribution in [2.75, 3.05) is 24.7 Å². The molecule has 27 heavy (non-hydrogen) atoms. The van der Waals surface area contributed by atoms with Crippen molar-refractivity contribution in [2.24, 2.45) is 4.99 Å². The summed E-state index contributed by atoms with van der Waals surface area (Å²) in [4.78, 5) is 6.10. The number of guanidine groups is 1. The number of nitrogens with zero attached hydrogens (tertiary/aromatic N) is 1. The topological polar surface area (TPSA) is 58.8 Å². The standard InChI is InChI=1S/C20H27N3O2S2/c1-3-17(24-9-1)5-8-21-19(22-14-18-4-2-11-27-18)23-16-6-10-25-20(13-16)7-12-26-15-20/h1-4,9,11,16H,5-8,10,12-15H2,(H2,21,22,23). The Morgan fingerprint density at radius 1 is 1.33 bits per heavy atom. The van der Waals surface area contributed by atoms with E-state index in [0.29, 0.717) is 12.6 Å². The van der Waals surface area contributed by atoms with E-state index in [1.807, 2.05) is 23.9 Å². The molecule has 0 aromatic carbocycles. The molecule has 2 atom stereocenters. The quantitative estimate of drug-likeness (QED) is 0.567. The van der Waals surface area contributed by atoms with Crippen molar-refractivity contribution >= 4 is 29.1 Å². The molecule has 2 aliphatic heterocycles. The molecule has 7 heteroatoms. The molecule has 2 aliphatic rings. The van der Waals surface area contributed by atoms with Crippen molar-refractivity contribution < 1.29 is 9.15 Å². The van der Waals surface area contributed by atoms with Crippen LogP contribution in [0.3, 0.4) is 0 Å². The highest BCUT2D eigenvalue weighted by Gasteiger charge is 2.40. The van der Waals surface area contributed by atoms with E-state index in [4.69, 9.17) is 14.1 Å². The highest BCUT2D eigenvalue weighted by atomic mass is 32.2. The highest BCUT2D eigenvalue weighted by molar-refractivity contribution is 7.99. The maximum Gasteiger partial charge on any atom is 0.191 e. The average Bonchev–Trinajstić information content (AvgIpc) is 3.43. The lowest BCUT2D eigenvalue weighted by Crippen LogP contribution is -2.51. The van der Waals surface area contributed by atoms with Gasteiger partial charge in [-0.1, -0.05) is 6.07 Å². The molecule has 2 aromatic rings. The lowest BCUT2D eigenvalue weighted by atomic mass is 9.90. The van der Waals surface area contributed by atoms with Gasteiger partial charge in [-0.25, -0.2) is 4.99 Å². The van der Waals surface area contributed by atoms with Gasteiger partial charge in [0, 0.05) is 36.2 Å². The second-order valence-corrected chi connectivity index (χ2v) is 9.31. The van der Waals surface area contributed by atoms with Crippen LogP contribution in [-0.4, -0.2) is 42.3 Å². The normalized spacial score (nSPS) is 25.8. The number of hydrogen-bond donors (Lipinski definition) is 2. The summed E-state index contributed by atoms with van der Waals surface area (Å²) in [7, 11) is 0. The van der Waals surface area contributed by atoms with Gasteiger partial charge < -0.3 is 19.8 Å². The van der Waals surface area contributed by atoms with Gasteiger partial charge in [0.15, 0.2) is 5.96 Å². The molecule has 0 radical (unpaired) electrons. The Morgan fingerprint density at radius 3 is 3.11 bits per heavy atom. The summed E-state index contributed by atoms with van der Waals surface area (Å²) in [5, 5.41) is 9.26. The minimum Gasteiger partial charge on any atom is -0.469 e. The lowest BCUT2D eigenvalue weighted by molar-refractivity contribution is -0.0679. The van der Waals surface area contributed by atoms with E-state index in [1.165, 1.54) is 17.1 Å². The summed E-state index contributed by atoms with van der Waals surface area (Å²) < 4.78 is 11.6. The van der Waals surface area contributed by atoms with Crippen LogP contribution in [0, 0.1) is 0 Å². The molecule has 0 bridgehead atoms. The highest BCUT2D eigenvalue weighted by Crippen LogP contribution is 2.38. The van der Waals surface area contributed by atoms with Gasteiger partial charge in [-0.3, -0.25) is 0 Å². The van der Waals surface area contributed by atoms with Crippen molar-refractivity contribution in [3.63, 3.8) is 0 Å². The summed E-state index contributed by atoms with van der Waals surface area (Å²) in [5.74, 6) is 4.22. The Balaban J connectivity index is 1.36. The smallest absolute Gasteiger partial charge is 0.191 e. The van der Waals surface area contributed by atoms with Crippen LogP contribution >= 0.6 is 23.1 Å². The van der Waals surface area contributed by atoms with Gasteiger partial charge in [0.1, 0.15) is 5.76 Å². The third-order valence-electron chi connectivity index (χ3n) is 5.12. The Bertz CT molecular complexity index is 710. The molecule has 146 valence electrons. The molecule has 5 nitrogen and oxygen atoms in total. The predicted octanol–water partition coefficient (Wildman–Crippen LogP) is 3.67. The zero-order valence-corrected chi connectivity index (χ0v) is 17.1. The summed E-state index contributed by atoms with van der Waals surface area (Å²) in [5.41, 5.74) is 0.0770. The zero-order valence-electron chi connectivity index (χ0n) is 15.5. The van der Waals surface area contributed by atoms with Gasteiger partial charge in [0.25, 0.3) is 0 Å². The summed E-state index contributed by atoms with van der Waals surface area (Å²) in [6, 6.07) is 8.56. The summed E-state index contributed by atoms with van der Waals surface area (Å²) in [6.07, 6.45) is 5.84. The fraction of sp³-hybridized carbons (Fsp3) is 0.550. The fourth-order valence-corrected chi connectivity index (χ4v) is 5.69. The predicted molar refractivity (Wildman–Crippen MR) is 113 cm³/mol. The number of rotatable bonds is 6. The van der Waals surface area contributed by atoms with Gasteiger partial charge >= 0.3 is 0 Å². The first-order valence-corrected chi connectivity index (χ1v) is 11.7. The Kier molecular flexibility index (Phi) is 6.42. The van der Waals surface area contributed by atoms with Gasteiger partial charge in [0.2, 0.25) is 0 Å². The second kappa shape index (κ2) is 9.17. The van der Waals surface area contributed by atoms with Gasteiger partial charge in [-0.2, -0.15) is 11.8 Å². The average molecular weight is 406 g/mol. The Hall–Kier alpha value is -1.44. The van der Waals surface area contributed by atoms with Gasteiger partial charge in [-0.05, 0) is 48.6 Å². The number of nitrogens with one attached hydrogen (secondary N) is 2. The molecule has 4 rings (SSSR count). The largest absolute Gasteiger partial charge is 0.469 e. The molecule has 0 amide bonds. The Labute approximate surface area is 169 Å². The third kappa shape index (κ3) is 5.30. The minimum absolute atomic E-state index is 0.0770. The van der Waals surface area contributed by atoms with Crippen molar-refractivity contribution in [1.82, 2.24) is 10.6 Å². The summed E-state index contributed by atoms with van der Waals surface area (Å²) >= 11 is 3.76. The van der Waals surface area contributed by atoms with Crippen LogP contribution in [0.5, 0.6) is 0 Å². The van der Waals surface area contributed by atoms with E-state index in [2.05, 4.69) is 28.1 Å². The van der Waals surface area contributed by atoms with E-state index in [-0.39, 0.29) is 5.60 Å². The van der Waals surface area contributed by atoms with Crippen LogP contribution < -0.4 is 10.6 Å². The first-order chi connectivity index (χ1) is 13.3. The van der Waals surface area contributed by atoms with Gasteiger partial charge in [-0.15, -0.1) is 11.3 Å². The van der Waals surface area contributed by atoms with Crippen LogP contribution in [0.4, 0.5) is 0 Å². The van der Waals surface area contributed by atoms with Crippen LogP contribution in [0.15, 0.2) is 45.3 Å². The molecular weight excluding hydrogens is 378 g/mol. The summed E-state index contributed by atoms with van der Waals surface area (Å²) in [6.45, 7) is 2.34. The molecule has 0 saturated carbocycles. The molecule has 1 spiro atoms. The molecule has 2 saturated heterocycles. The van der Waals surface area contributed by atoms with E-state index in [1.54, 1.807) is 17.6 Å². The number of hydrogen-bond acceptors (Lipinski definition) is 5. The SMILES string of the molecule is c1coc(CCNC(=NCc2cccs2)NC2CCOC3(CCSC3)C2)c1. The van der Waals surface area contributed by atoms with Crippen molar-refractivity contribution in [3.8, 4) is 0 Å². The van der Waals surface area contributed by atoms with Crippen LogP contribution in [0.2, 0.25) is 0 Å². The van der Waals surface area contributed by atoms with Crippen LogP contribution in [-0.2, 0) is 17.7 Å².